The molecule has 1 aliphatic heterocycles. The van der Waals surface area contributed by atoms with Gasteiger partial charge in [0.05, 0.1) is 6.20 Å². The highest BCUT2D eigenvalue weighted by Crippen LogP contribution is 2.27. The summed E-state index contributed by atoms with van der Waals surface area (Å²) in [7, 11) is 1.67. The van der Waals surface area contributed by atoms with Crippen LogP contribution in [0.1, 0.15) is 12.0 Å². The second-order valence-electron chi connectivity index (χ2n) is 6.70. The summed E-state index contributed by atoms with van der Waals surface area (Å²) < 4.78 is 0. The number of amides is 1. The lowest BCUT2D eigenvalue weighted by molar-refractivity contribution is -0.137. The summed E-state index contributed by atoms with van der Waals surface area (Å²) >= 11 is 0. The molecule has 0 saturated carbocycles. The number of likely N-dealkylation sites (tertiary alicyclic amines) is 1. The third-order valence-corrected chi connectivity index (χ3v) is 4.81. The van der Waals surface area contributed by atoms with E-state index in [0.717, 1.165) is 27.5 Å². The number of likely N-dealkylation sites (N-methyl/N-ethyl adjacent to an activating group) is 1. The Kier molecular flexibility index (Phi) is 4.02. The van der Waals surface area contributed by atoms with Crippen LogP contribution in [0.25, 0.3) is 21.9 Å². The Morgan fingerprint density at radius 3 is 2.81 bits per heavy atom. The predicted molar refractivity (Wildman–Crippen MR) is 103 cm³/mol. The Morgan fingerprint density at radius 1 is 1.22 bits per heavy atom. The van der Waals surface area contributed by atoms with Gasteiger partial charge in [-0.05, 0) is 29.3 Å². The minimum Gasteiger partial charge on any atom is -0.382 e. The molecule has 3 N–H and O–H groups in total. The molecule has 1 aliphatic rings. The molecule has 1 atom stereocenters. The van der Waals surface area contributed by atoms with Crippen LogP contribution in [0.4, 0.5) is 5.82 Å². The number of hydrogen-bond donors (Lipinski definition) is 2. The number of nitrogen functional groups attached to an aromatic ring is 1. The summed E-state index contributed by atoms with van der Waals surface area (Å²) in [5.74, 6) is 5.73. The maximum absolute atomic E-state index is 12.0. The number of fused-ring (bicyclic) bond motifs is 1. The lowest BCUT2D eigenvalue weighted by Gasteiger charge is -2.13. The number of nitrogens with zero attached hydrogens (tertiary/aromatic N) is 3. The van der Waals surface area contributed by atoms with Crippen molar-refractivity contribution in [1.29, 1.82) is 0 Å². The van der Waals surface area contributed by atoms with Crippen molar-refractivity contribution < 1.29 is 9.90 Å². The molecule has 27 heavy (non-hydrogen) atoms. The molecule has 1 fully saturated rings. The van der Waals surface area contributed by atoms with Crippen LogP contribution in [-0.4, -0.2) is 45.3 Å². The molecule has 0 radical (unpaired) electrons. The first-order chi connectivity index (χ1) is 13.0. The zero-order valence-electron chi connectivity index (χ0n) is 14.8. The minimum absolute atomic E-state index is 0.319. The number of carbonyl (C=O) groups excluding carboxylic acids is 1. The molecule has 1 saturated heterocycles. The number of aromatic nitrogens is 2. The lowest BCUT2D eigenvalue weighted by atomic mass is 9.99. The standard InChI is InChI=1S/C21H18N4O2/c1-25-10-9-21(27,20(25)26)8-7-14-3-2-4-15(11-14)16-5-6-17-13-23-24-19(22)18(17)12-16/h2-6,11-13,27H,9-10H2,1H3,(H2,22,24). The number of carbonyl (C=O) groups is 1. The monoisotopic (exact) mass is 358 g/mol. The van der Waals surface area contributed by atoms with Crippen LogP contribution in [0.5, 0.6) is 0 Å². The van der Waals surface area contributed by atoms with Crippen molar-refractivity contribution in [1.82, 2.24) is 15.1 Å². The van der Waals surface area contributed by atoms with E-state index in [1.807, 2.05) is 42.5 Å². The molecule has 0 spiro atoms. The Morgan fingerprint density at radius 2 is 2.04 bits per heavy atom. The van der Waals surface area contributed by atoms with Gasteiger partial charge < -0.3 is 15.7 Å². The first-order valence-corrected chi connectivity index (χ1v) is 8.59. The lowest BCUT2D eigenvalue weighted by Crippen LogP contribution is -2.37. The smallest absolute Gasteiger partial charge is 0.267 e. The van der Waals surface area contributed by atoms with Gasteiger partial charge in [-0.2, -0.15) is 5.10 Å². The van der Waals surface area contributed by atoms with E-state index in [-0.39, 0.29) is 5.91 Å². The maximum atomic E-state index is 12.0. The van der Waals surface area contributed by atoms with Crippen molar-refractivity contribution in [3.8, 4) is 23.0 Å². The Balaban J connectivity index is 1.69. The third kappa shape index (κ3) is 3.09. The molecule has 2 aromatic carbocycles. The second-order valence-corrected chi connectivity index (χ2v) is 6.70. The predicted octanol–water partition coefficient (Wildman–Crippen LogP) is 1.82. The van der Waals surface area contributed by atoms with Crippen molar-refractivity contribution >= 4 is 22.5 Å². The fourth-order valence-electron chi connectivity index (χ4n) is 3.20. The highest BCUT2D eigenvalue weighted by atomic mass is 16.3. The molecule has 6 heteroatoms. The van der Waals surface area contributed by atoms with Gasteiger partial charge >= 0.3 is 0 Å². The molecule has 0 bridgehead atoms. The molecule has 1 aromatic heterocycles. The van der Waals surface area contributed by atoms with Gasteiger partial charge in [-0.25, -0.2) is 0 Å². The van der Waals surface area contributed by atoms with Gasteiger partial charge in [0.15, 0.2) is 5.82 Å². The summed E-state index contributed by atoms with van der Waals surface area (Å²) in [6.07, 6.45) is 1.99. The van der Waals surface area contributed by atoms with Crippen molar-refractivity contribution in [3.63, 3.8) is 0 Å². The number of benzene rings is 2. The third-order valence-electron chi connectivity index (χ3n) is 4.81. The first-order valence-electron chi connectivity index (χ1n) is 8.59. The van der Waals surface area contributed by atoms with E-state index in [1.165, 1.54) is 4.90 Å². The normalized spacial score (nSPS) is 19.2. The van der Waals surface area contributed by atoms with Gasteiger partial charge in [0.2, 0.25) is 5.60 Å². The molecule has 6 nitrogen and oxygen atoms in total. The molecule has 1 amide bonds. The van der Waals surface area contributed by atoms with Crippen LogP contribution in [0, 0.1) is 11.8 Å². The van der Waals surface area contributed by atoms with E-state index < -0.39 is 5.60 Å². The van der Waals surface area contributed by atoms with E-state index in [9.17, 15) is 9.90 Å². The van der Waals surface area contributed by atoms with Crippen LogP contribution in [0.2, 0.25) is 0 Å². The maximum Gasteiger partial charge on any atom is 0.267 e. The first kappa shape index (κ1) is 17.0. The topological polar surface area (TPSA) is 92.3 Å². The minimum atomic E-state index is -1.60. The molecular weight excluding hydrogens is 340 g/mol. The van der Waals surface area contributed by atoms with Crippen LogP contribution in [0.3, 0.4) is 0 Å². The van der Waals surface area contributed by atoms with Crippen LogP contribution in [0.15, 0.2) is 48.7 Å². The summed E-state index contributed by atoms with van der Waals surface area (Å²) in [6, 6.07) is 13.5. The Hall–Kier alpha value is -3.43. The quantitative estimate of drug-likeness (QED) is 0.648. The molecule has 0 aliphatic carbocycles. The largest absolute Gasteiger partial charge is 0.382 e. The summed E-state index contributed by atoms with van der Waals surface area (Å²) in [6.45, 7) is 0.505. The van der Waals surface area contributed by atoms with E-state index >= 15 is 0 Å². The zero-order chi connectivity index (χ0) is 19.0. The molecule has 2 heterocycles. The zero-order valence-corrected chi connectivity index (χ0v) is 14.8. The molecule has 1 unspecified atom stereocenters. The summed E-state index contributed by atoms with van der Waals surface area (Å²) in [5, 5.41) is 20.0. The van der Waals surface area contributed by atoms with Gasteiger partial charge in [0.1, 0.15) is 0 Å². The van der Waals surface area contributed by atoms with Crippen molar-refractivity contribution in [2.75, 3.05) is 19.3 Å². The van der Waals surface area contributed by atoms with Gasteiger partial charge in [0, 0.05) is 36.3 Å². The van der Waals surface area contributed by atoms with Crippen LogP contribution >= 0.6 is 0 Å². The van der Waals surface area contributed by atoms with Crippen molar-refractivity contribution in [2.45, 2.75) is 12.0 Å². The van der Waals surface area contributed by atoms with Crippen LogP contribution in [-0.2, 0) is 4.79 Å². The molecule has 3 aromatic rings. The Labute approximate surface area is 156 Å². The van der Waals surface area contributed by atoms with Gasteiger partial charge in [-0.3, -0.25) is 4.79 Å². The van der Waals surface area contributed by atoms with E-state index in [1.54, 1.807) is 13.2 Å². The summed E-state index contributed by atoms with van der Waals surface area (Å²) in [4.78, 5) is 13.5. The van der Waals surface area contributed by atoms with E-state index in [2.05, 4.69) is 22.0 Å². The van der Waals surface area contributed by atoms with Gasteiger partial charge in [0.25, 0.3) is 5.91 Å². The van der Waals surface area contributed by atoms with Gasteiger partial charge in [-0.1, -0.05) is 36.1 Å². The molecule has 134 valence electrons. The number of anilines is 1. The van der Waals surface area contributed by atoms with E-state index in [4.69, 9.17) is 5.73 Å². The van der Waals surface area contributed by atoms with Crippen LogP contribution < -0.4 is 5.73 Å². The molecule has 4 rings (SSSR count). The SMILES string of the molecule is CN1CCC(O)(C#Cc2cccc(-c3ccc4cnnc(N)c4c3)c2)C1=O. The number of hydrogen-bond acceptors (Lipinski definition) is 5. The molecular formula is C21H18N4O2. The average molecular weight is 358 g/mol. The number of nitrogens with two attached hydrogens (primary N) is 1. The number of aliphatic hydroxyl groups is 1. The highest BCUT2D eigenvalue weighted by Gasteiger charge is 2.42. The average Bonchev–Trinajstić information content (AvgIpc) is 2.95. The van der Waals surface area contributed by atoms with Gasteiger partial charge in [-0.15, -0.1) is 5.10 Å². The summed E-state index contributed by atoms with van der Waals surface area (Å²) in [5.41, 5.74) is 6.99. The fraction of sp³-hybridized carbons (Fsp3) is 0.190. The second kappa shape index (κ2) is 6.38. The Bertz CT molecular complexity index is 1120. The fourth-order valence-corrected chi connectivity index (χ4v) is 3.20. The van der Waals surface area contributed by atoms with Crippen molar-refractivity contribution in [2.24, 2.45) is 0 Å². The highest BCUT2D eigenvalue weighted by molar-refractivity contribution is 5.93. The number of rotatable bonds is 1. The van der Waals surface area contributed by atoms with E-state index in [0.29, 0.717) is 18.8 Å². The van der Waals surface area contributed by atoms with Crippen molar-refractivity contribution in [3.05, 3.63) is 54.2 Å².